The second kappa shape index (κ2) is 5.06. The minimum Gasteiger partial charge on any atom is -0.479 e. The van der Waals surface area contributed by atoms with Crippen LogP contribution in [0.2, 0.25) is 0 Å². The smallest absolute Gasteiger partial charge is 0.343 e. The van der Waals surface area contributed by atoms with E-state index in [0.29, 0.717) is 12.8 Å². The summed E-state index contributed by atoms with van der Waals surface area (Å²) in [4.78, 5) is 25.0. The summed E-state index contributed by atoms with van der Waals surface area (Å²) in [5.41, 5.74) is -2.27. The molecular formula is C12H14FNO3S. The van der Waals surface area contributed by atoms with E-state index in [2.05, 4.69) is 0 Å². The Hall–Kier alpha value is -1.43. The molecule has 2 heterocycles. The molecule has 0 saturated carbocycles. The zero-order valence-electron chi connectivity index (χ0n) is 9.76. The van der Waals surface area contributed by atoms with Crippen molar-refractivity contribution in [1.29, 1.82) is 0 Å². The van der Waals surface area contributed by atoms with Gasteiger partial charge in [0.15, 0.2) is 0 Å². The Bertz CT molecular complexity index is 448. The van der Waals surface area contributed by atoms with Gasteiger partial charge in [0, 0.05) is 24.3 Å². The monoisotopic (exact) mass is 271 g/mol. The Morgan fingerprint density at radius 3 is 2.89 bits per heavy atom. The normalized spacial score (nSPS) is 23.3. The number of halogens is 1. The Morgan fingerprint density at radius 1 is 1.56 bits per heavy atom. The van der Waals surface area contributed by atoms with Gasteiger partial charge in [-0.2, -0.15) is 0 Å². The molecule has 1 unspecified atom stereocenters. The summed E-state index contributed by atoms with van der Waals surface area (Å²) in [6.07, 6.45) is 0.808. The third kappa shape index (κ3) is 2.69. The maximum absolute atomic E-state index is 13.8. The molecule has 18 heavy (non-hydrogen) atoms. The molecule has 2 rings (SSSR count). The number of likely N-dealkylation sites (tertiary alicyclic amines) is 1. The van der Waals surface area contributed by atoms with Gasteiger partial charge in [-0.25, -0.2) is 9.18 Å². The van der Waals surface area contributed by atoms with Crippen molar-refractivity contribution in [2.24, 2.45) is 0 Å². The summed E-state index contributed by atoms with van der Waals surface area (Å²) in [5, 5.41) is 10.7. The molecule has 0 aromatic carbocycles. The predicted molar refractivity (Wildman–Crippen MR) is 65.3 cm³/mol. The zero-order valence-corrected chi connectivity index (χ0v) is 10.6. The molecule has 1 saturated heterocycles. The van der Waals surface area contributed by atoms with Crippen molar-refractivity contribution in [1.82, 2.24) is 4.90 Å². The summed E-state index contributed by atoms with van der Waals surface area (Å²) in [7, 11) is 0. The van der Waals surface area contributed by atoms with Crippen molar-refractivity contribution in [2.75, 3.05) is 13.1 Å². The summed E-state index contributed by atoms with van der Waals surface area (Å²) in [6.45, 7) is -0.141. The van der Waals surface area contributed by atoms with Gasteiger partial charge in [0.05, 0.1) is 6.54 Å². The number of rotatable bonds is 4. The van der Waals surface area contributed by atoms with Crippen molar-refractivity contribution in [3.05, 3.63) is 22.4 Å². The van der Waals surface area contributed by atoms with Crippen molar-refractivity contribution < 1.29 is 19.1 Å². The van der Waals surface area contributed by atoms with E-state index in [1.54, 1.807) is 11.3 Å². The number of carboxylic acids is 1. The summed E-state index contributed by atoms with van der Waals surface area (Å²) in [6, 6.07) is 3.86. The number of thiophene rings is 1. The second-order valence-electron chi connectivity index (χ2n) is 4.42. The highest BCUT2D eigenvalue weighted by Gasteiger charge is 2.46. The van der Waals surface area contributed by atoms with Gasteiger partial charge in [0.25, 0.3) is 0 Å². The molecule has 0 bridgehead atoms. The number of aryl methyl sites for hydroxylation is 1. The van der Waals surface area contributed by atoms with Crippen LogP contribution in [0.15, 0.2) is 17.5 Å². The van der Waals surface area contributed by atoms with Crippen molar-refractivity contribution in [2.45, 2.75) is 24.9 Å². The first-order chi connectivity index (χ1) is 8.51. The highest BCUT2D eigenvalue weighted by molar-refractivity contribution is 7.09. The summed E-state index contributed by atoms with van der Waals surface area (Å²) >= 11 is 1.57. The molecule has 1 aliphatic rings. The van der Waals surface area contributed by atoms with E-state index in [0.717, 1.165) is 4.88 Å². The van der Waals surface area contributed by atoms with Gasteiger partial charge in [0.2, 0.25) is 11.6 Å². The lowest BCUT2D eigenvalue weighted by Gasteiger charge is -2.17. The maximum Gasteiger partial charge on any atom is 0.343 e. The van der Waals surface area contributed by atoms with Gasteiger partial charge < -0.3 is 10.0 Å². The zero-order chi connectivity index (χ0) is 13.2. The number of nitrogens with zero attached hydrogens (tertiary/aromatic N) is 1. The van der Waals surface area contributed by atoms with E-state index in [4.69, 9.17) is 5.11 Å². The number of alkyl halides is 1. The van der Waals surface area contributed by atoms with Crippen LogP contribution < -0.4 is 0 Å². The Kier molecular flexibility index (Phi) is 3.65. The lowest BCUT2D eigenvalue weighted by molar-refractivity contribution is -0.150. The first-order valence-electron chi connectivity index (χ1n) is 5.74. The summed E-state index contributed by atoms with van der Waals surface area (Å²) < 4.78 is 13.8. The molecular weight excluding hydrogens is 257 g/mol. The molecule has 1 N–H and O–H groups in total. The van der Waals surface area contributed by atoms with Crippen LogP contribution in [0.1, 0.15) is 17.7 Å². The largest absolute Gasteiger partial charge is 0.479 e. The van der Waals surface area contributed by atoms with Gasteiger partial charge in [-0.3, -0.25) is 4.79 Å². The fourth-order valence-corrected chi connectivity index (χ4v) is 2.71. The number of hydrogen-bond donors (Lipinski definition) is 1. The predicted octanol–water partition coefficient (Wildman–Crippen LogP) is 1.71. The van der Waals surface area contributed by atoms with Crippen molar-refractivity contribution in [3.8, 4) is 0 Å². The second-order valence-corrected chi connectivity index (χ2v) is 5.45. The lowest BCUT2D eigenvalue weighted by Crippen LogP contribution is -2.38. The number of carboxylic acid groups (broad SMARTS) is 1. The molecule has 0 radical (unpaired) electrons. The van der Waals surface area contributed by atoms with Gasteiger partial charge in [-0.05, 0) is 17.9 Å². The number of carbonyl (C=O) groups excluding carboxylic acids is 1. The van der Waals surface area contributed by atoms with Gasteiger partial charge in [0.1, 0.15) is 0 Å². The molecule has 1 fully saturated rings. The van der Waals surface area contributed by atoms with Crippen LogP contribution in [0.5, 0.6) is 0 Å². The van der Waals surface area contributed by atoms with Gasteiger partial charge in [-0.1, -0.05) is 6.07 Å². The first-order valence-corrected chi connectivity index (χ1v) is 6.62. The molecule has 6 heteroatoms. The van der Waals surface area contributed by atoms with E-state index in [-0.39, 0.29) is 25.4 Å². The van der Waals surface area contributed by atoms with E-state index in [1.807, 2.05) is 17.5 Å². The number of aliphatic carboxylic acids is 1. The third-order valence-electron chi connectivity index (χ3n) is 3.12. The Balaban J connectivity index is 1.86. The van der Waals surface area contributed by atoms with E-state index < -0.39 is 11.6 Å². The van der Waals surface area contributed by atoms with Crippen LogP contribution in [-0.4, -0.2) is 40.6 Å². The van der Waals surface area contributed by atoms with Crippen molar-refractivity contribution >= 4 is 23.2 Å². The molecule has 1 atom stereocenters. The Morgan fingerprint density at radius 2 is 2.33 bits per heavy atom. The molecule has 1 aromatic heterocycles. The SMILES string of the molecule is O=C(CCc1cccs1)N1CCC(F)(C(=O)O)C1. The van der Waals surface area contributed by atoms with E-state index >= 15 is 0 Å². The standard InChI is InChI=1S/C12H14FNO3S/c13-12(11(16)17)5-6-14(8-12)10(15)4-3-9-2-1-7-18-9/h1-2,7H,3-6,8H2,(H,16,17). The minimum absolute atomic E-state index is 0.118. The number of hydrogen-bond acceptors (Lipinski definition) is 3. The fourth-order valence-electron chi connectivity index (χ4n) is 2.00. The number of amides is 1. The Labute approximate surface area is 108 Å². The fraction of sp³-hybridized carbons (Fsp3) is 0.500. The number of carbonyl (C=O) groups is 2. The average Bonchev–Trinajstić information content (AvgIpc) is 2.95. The van der Waals surface area contributed by atoms with Crippen LogP contribution in [0.25, 0.3) is 0 Å². The molecule has 0 aliphatic carbocycles. The molecule has 1 aliphatic heterocycles. The highest BCUT2D eigenvalue weighted by Crippen LogP contribution is 2.26. The van der Waals surface area contributed by atoms with Crippen LogP contribution in [0.3, 0.4) is 0 Å². The van der Waals surface area contributed by atoms with E-state index in [9.17, 15) is 14.0 Å². The topological polar surface area (TPSA) is 57.6 Å². The highest BCUT2D eigenvalue weighted by atomic mass is 32.1. The van der Waals surface area contributed by atoms with Crippen LogP contribution in [0, 0.1) is 0 Å². The maximum atomic E-state index is 13.8. The molecule has 0 spiro atoms. The van der Waals surface area contributed by atoms with Crippen molar-refractivity contribution in [3.63, 3.8) is 0 Å². The molecule has 4 nitrogen and oxygen atoms in total. The van der Waals surface area contributed by atoms with Gasteiger partial charge >= 0.3 is 5.97 Å². The van der Waals surface area contributed by atoms with Crippen LogP contribution >= 0.6 is 11.3 Å². The lowest BCUT2D eigenvalue weighted by atomic mass is 10.1. The summed E-state index contributed by atoms with van der Waals surface area (Å²) in [5.74, 6) is -1.65. The third-order valence-corrected chi connectivity index (χ3v) is 4.06. The molecule has 98 valence electrons. The van der Waals surface area contributed by atoms with Crippen LogP contribution in [0.4, 0.5) is 4.39 Å². The van der Waals surface area contributed by atoms with E-state index in [1.165, 1.54) is 4.90 Å². The quantitative estimate of drug-likeness (QED) is 0.907. The average molecular weight is 271 g/mol. The molecule has 1 amide bonds. The first kappa shape index (κ1) is 13.0. The minimum atomic E-state index is -2.27. The van der Waals surface area contributed by atoms with Crippen LogP contribution in [-0.2, 0) is 16.0 Å². The molecule has 1 aromatic rings. The van der Waals surface area contributed by atoms with Gasteiger partial charge in [-0.15, -0.1) is 11.3 Å².